The molecule has 0 bridgehead atoms. The number of nitrogens with zero attached hydrogens (tertiary/aromatic N) is 2. The van der Waals surface area contributed by atoms with E-state index in [-0.39, 0.29) is 11.1 Å². The summed E-state index contributed by atoms with van der Waals surface area (Å²) in [7, 11) is 0. The minimum Gasteiger partial charge on any atom is -0.271 e. The van der Waals surface area contributed by atoms with E-state index in [1.165, 1.54) is 12.4 Å². The molecule has 7 heteroatoms. The van der Waals surface area contributed by atoms with E-state index < -0.39 is 5.82 Å². The quantitative estimate of drug-likeness (QED) is 0.569. The molecule has 0 aliphatic carbocycles. The molecule has 1 aromatic carbocycles. The highest BCUT2D eigenvalue weighted by molar-refractivity contribution is 6.31. The highest BCUT2D eigenvalue weighted by Crippen LogP contribution is 2.23. The molecule has 5 nitrogen and oxygen atoms in total. The van der Waals surface area contributed by atoms with Crippen molar-refractivity contribution >= 4 is 11.6 Å². The van der Waals surface area contributed by atoms with Crippen LogP contribution >= 0.6 is 11.6 Å². The molecule has 1 atom stereocenters. The van der Waals surface area contributed by atoms with Crippen molar-refractivity contribution in [3.05, 3.63) is 46.8 Å². The molecule has 0 aliphatic heterocycles. The maximum absolute atomic E-state index is 13.3. The first-order chi connectivity index (χ1) is 8.22. The number of nitrogens with two attached hydrogens (primary N) is 1. The molecule has 2 aromatic rings. The molecular weight excluding hydrogens is 245 g/mol. The van der Waals surface area contributed by atoms with Gasteiger partial charge in [-0.15, -0.1) is 0 Å². The van der Waals surface area contributed by atoms with Crippen molar-refractivity contribution in [3.8, 4) is 0 Å². The predicted octanol–water partition coefficient (Wildman–Crippen LogP) is 1.34. The lowest BCUT2D eigenvalue weighted by Gasteiger charge is -2.13. The second-order valence-corrected chi connectivity index (χ2v) is 3.88. The number of hydrogen-bond donors (Lipinski definition) is 3. The molecule has 1 heterocycles. The van der Waals surface area contributed by atoms with Crippen molar-refractivity contribution in [1.82, 2.24) is 20.6 Å². The van der Waals surface area contributed by atoms with E-state index in [4.69, 9.17) is 17.4 Å². The van der Waals surface area contributed by atoms with E-state index in [1.807, 2.05) is 0 Å². The van der Waals surface area contributed by atoms with Crippen molar-refractivity contribution in [2.45, 2.75) is 12.5 Å². The Morgan fingerprint density at radius 3 is 3.00 bits per heavy atom. The lowest BCUT2D eigenvalue weighted by Crippen LogP contribution is -2.30. The normalized spacial score (nSPS) is 12.6. The van der Waals surface area contributed by atoms with Crippen LogP contribution < -0.4 is 11.3 Å². The number of nitrogens with one attached hydrogen (secondary N) is 2. The van der Waals surface area contributed by atoms with Crippen molar-refractivity contribution in [1.29, 1.82) is 0 Å². The van der Waals surface area contributed by atoms with Gasteiger partial charge in [0, 0.05) is 0 Å². The third-order valence-corrected chi connectivity index (χ3v) is 2.84. The van der Waals surface area contributed by atoms with E-state index in [9.17, 15) is 4.39 Å². The topological polar surface area (TPSA) is 79.6 Å². The van der Waals surface area contributed by atoms with E-state index in [2.05, 4.69) is 20.6 Å². The maximum atomic E-state index is 13.3. The number of rotatable bonds is 4. The van der Waals surface area contributed by atoms with E-state index in [0.29, 0.717) is 17.8 Å². The summed E-state index contributed by atoms with van der Waals surface area (Å²) in [6.07, 6.45) is 1.80. The van der Waals surface area contributed by atoms with Gasteiger partial charge in [0.2, 0.25) is 0 Å². The Bertz CT molecular complexity index is 487. The highest BCUT2D eigenvalue weighted by Gasteiger charge is 2.16. The summed E-state index contributed by atoms with van der Waals surface area (Å²) in [4.78, 5) is 3.99. The van der Waals surface area contributed by atoms with Gasteiger partial charge in [0.05, 0.1) is 11.1 Å². The molecule has 0 amide bonds. The Labute approximate surface area is 102 Å². The highest BCUT2D eigenvalue weighted by atomic mass is 35.5. The number of halogens is 2. The van der Waals surface area contributed by atoms with Crippen molar-refractivity contribution in [3.63, 3.8) is 0 Å². The average molecular weight is 256 g/mol. The molecule has 0 radical (unpaired) electrons. The second-order valence-electron chi connectivity index (χ2n) is 3.51. The summed E-state index contributed by atoms with van der Waals surface area (Å²) in [6.45, 7) is 0. The molecule has 0 fully saturated rings. The van der Waals surface area contributed by atoms with E-state index in [1.54, 1.807) is 12.1 Å². The van der Waals surface area contributed by atoms with Gasteiger partial charge in [-0.2, -0.15) is 5.10 Å². The minimum atomic E-state index is -0.447. The van der Waals surface area contributed by atoms with Gasteiger partial charge in [-0.3, -0.25) is 10.9 Å². The first-order valence-electron chi connectivity index (χ1n) is 4.96. The monoisotopic (exact) mass is 255 g/mol. The smallest absolute Gasteiger partial charge is 0.143 e. The fraction of sp³-hybridized carbons (Fsp3) is 0.200. The van der Waals surface area contributed by atoms with Gasteiger partial charge in [0.15, 0.2) is 0 Å². The summed E-state index contributed by atoms with van der Waals surface area (Å²) < 4.78 is 13.3. The molecule has 4 N–H and O–H groups in total. The Hall–Kier alpha value is -1.50. The second kappa shape index (κ2) is 5.22. The molecule has 90 valence electrons. The molecule has 0 saturated heterocycles. The summed E-state index contributed by atoms with van der Waals surface area (Å²) in [5.41, 5.74) is 3.24. The van der Waals surface area contributed by atoms with Gasteiger partial charge < -0.3 is 0 Å². The minimum absolute atomic E-state index is 0.104. The zero-order chi connectivity index (χ0) is 12.3. The number of benzene rings is 1. The summed E-state index contributed by atoms with van der Waals surface area (Å²) in [5, 5.41) is 6.54. The Morgan fingerprint density at radius 1 is 1.53 bits per heavy atom. The molecule has 1 unspecified atom stereocenters. The van der Waals surface area contributed by atoms with Crippen LogP contribution in [0.25, 0.3) is 0 Å². The number of aromatic amines is 1. The van der Waals surface area contributed by atoms with Crippen LogP contribution in [-0.2, 0) is 6.42 Å². The van der Waals surface area contributed by atoms with E-state index in [0.717, 1.165) is 0 Å². The molecule has 17 heavy (non-hydrogen) atoms. The lowest BCUT2D eigenvalue weighted by molar-refractivity contribution is 0.522. The zero-order valence-electron chi connectivity index (χ0n) is 8.82. The molecule has 1 aromatic heterocycles. The van der Waals surface area contributed by atoms with Crippen LogP contribution in [0.15, 0.2) is 24.5 Å². The first kappa shape index (κ1) is 12.0. The Balaban J connectivity index is 2.22. The number of hydrazine groups is 1. The van der Waals surface area contributed by atoms with Crippen molar-refractivity contribution in [2.24, 2.45) is 5.84 Å². The van der Waals surface area contributed by atoms with E-state index >= 15 is 0 Å². The third-order valence-electron chi connectivity index (χ3n) is 2.42. The van der Waals surface area contributed by atoms with Crippen LogP contribution in [0.3, 0.4) is 0 Å². The molecule has 2 rings (SSSR count). The zero-order valence-corrected chi connectivity index (χ0v) is 9.58. The maximum Gasteiger partial charge on any atom is 0.143 e. The van der Waals surface area contributed by atoms with Gasteiger partial charge in [-0.05, 0) is 18.1 Å². The largest absolute Gasteiger partial charge is 0.271 e. The summed E-state index contributed by atoms with van der Waals surface area (Å²) in [6, 6.07) is 4.36. The van der Waals surface area contributed by atoms with Crippen molar-refractivity contribution in [2.75, 3.05) is 0 Å². The van der Waals surface area contributed by atoms with Gasteiger partial charge >= 0.3 is 0 Å². The lowest BCUT2D eigenvalue weighted by atomic mass is 10.1. The van der Waals surface area contributed by atoms with Crippen LogP contribution in [0.2, 0.25) is 5.02 Å². The van der Waals surface area contributed by atoms with Crippen LogP contribution in [0.4, 0.5) is 4.39 Å². The average Bonchev–Trinajstić information content (AvgIpc) is 2.85. The first-order valence-corrected chi connectivity index (χ1v) is 5.34. The fourth-order valence-corrected chi connectivity index (χ4v) is 1.75. The third kappa shape index (κ3) is 2.60. The Morgan fingerprint density at radius 2 is 2.35 bits per heavy atom. The van der Waals surface area contributed by atoms with Crippen LogP contribution in [0.1, 0.15) is 17.4 Å². The van der Waals surface area contributed by atoms with Gasteiger partial charge in [-0.1, -0.05) is 23.7 Å². The van der Waals surface area contributed by atoms with Gasteiger partial charge in [0.25, 0.3) is 0 Å². The SMILES string of the molecule is NNC(Cc1cccc(F)c1Cl)c1ncn[nH]1. The summed E-state index contributed by atoms with van der Waals surface area (Å²) in [5.74, 6) is 5.56. The van der Waals surface area contributed by atoms with Gasteiger partial charge in [-0.25, -0.2) is 14.8 Å². The van der Waals surface area contributed by atoms with Crippen LogP contribution in [0, 0.1) is 5.82 Å². The van der Waals surface area contributed by atoms with Gasteiger partial charge in [0.1, 0.15) is 18.0 Å². The number of aromatic nitrogens is 3. The number of H-pyrrole nitrogens is 1. The van der Waals surface area contributed by atoms with Crippen LogP contribution in [0.5, 0.6) is 0 Å². The molecule has 0 spiro atoms. The standard InChI is InChI=1S/C10H11ClFN5/c11-9-6(2-1-3-7(9)12)4-8(16-13)10-14-5-15-17-10/h1-3,5,8,16H,4,13H2,(H,14,15,17). The molecule has 0 saturated carbocycles. The number of hydrogen-bond acceptors (Lipinski definition) is 4. The predicted molar refractivity (Wildman–Crippen MR) is 61.6 cm³/mol. The molecular formula is C10H11ClFN5. The van der Waals surface area contributed by atoms with Crippen LogP contribution in [-0.4, -0.2) is 15.2 Å². The molecule has 0 aliphatic rings. The summed E-state index contributed by atoms with van der Waals surface area (Å²) >= 11 is 5.87. The van der Waals surface area contributed by atoms with Crippen molar-refractivity contribution < 1.29 is 4.39 Å². The fourth-order valence-electron chi connectivity index (χ4n) is 1.54. The Kier molecular flexibility index (Phi) is 3.68.